The number of halogens is 1. The van der Waals surface area contributed by atoms with Crippen LogP contribution in [-0.4, -0.2) is 27.3 Å². The molecule has 1 amide bonds. The molecule has 0 fully saturated rings. The lowest BCUT2D eigenvalue weighted by Gasteiger charge is -2.20. The number of nitrogens with zero attached hydrogens (tertiary/aromatic N) is 3. The van der Waals surface area contributed by atoms with E-state index in [1.165, 1.54) is 22.3 Å². The number of aromatic nitrogens is 1. The Labute approximate surface area is 130 Å². The maximum Gasteiger partial charge on any atom is 0.300 e. The summed E-state index contributed by atoms with van der Waals surface area (Å²) in [6.45, 7) is 2.66. The van der Waals surface area contributed by atoms with Gasteiger partial charge in [0.2, 0.25) is 0 Å². The number of rotatable bonds is 5. The Bertz CT molecular complexity index is 661. The molecular formula is C13H12ClN3O3S. The zero-order chi connectivity index (χ0) is 15.4. The number of carbonyl (C=O) groups excluding carboxylic acids is 1. The fraction of sp³-hybridized carbons (Fsp3) is 0.231. The van der Waals surface area contributed by atoms with Gasteiger partial charge in [-0.1, -0.05) is 17.7 Å². The first-order valence-electron chi connectivity index (χ1n) is 6.14. The van der Waals surface area contributed by atoms with E-state index in [0.29, 0.717) is 13.1 Å². The summed E-state index contributed by atoms with van der Waals surface area (Å²) >= 11 is 7.28. The summed E-state index contributed by atoms with van der Waals surface area (Å²) in [5.41, 5.74) is -0.382. The molecule has 2 aromatic heterocycles. The summed E-state index contributed by atoms with van der Waals surface area (Å²) in [4.78, 5) is 29.1. The summed E-state index contributed by atoms with van der Waals surface area (Å²) in [5.74, 6) is -0.429. The van der Waals surface area contributed by atoms with E-state index in [9.17, 15) is 14.9 Å². The van der Waals surface area contributed by atoms with E-state index < -0.39 is 10.8 Å². The molecule has 0 saturated carbocycles. The predicted octanol–water partition coefficient (Wildman–Crippen LogP) is 3.37. The zero-order valence-electron chi connectivity index (χ0n) is 11.2. The Morgan fingerprint density at radius 1 is 1.57 bits per heavy atom. The van der Waals surface area contributed by atoms with E-state index in [2.05, 4.69) is 4.98 Å². The van der Waals surface area contributed by atoms with Crippen LogP contribution in [0.3, 0.4) is 0 Å². The van der Waals surface area contributed by atoms with Gasteiger partial charge in [0, 0.05) is 11.4 Å². The van der Waals surface area contributed by atoms with E-state index >= 15 is 0 Å². The van der Waals surface area contributed by atoms with E-state index in [4.69, 9.17) is 11.6 Å². The molecule has 0 spiro atoms. The first-order valence-corrected chi connectivity index (χ1v) is 7.40. The minimum atomic E-state index is -0.629. The first kappa shape index (κ1) is 15.4. The van der Waals surface area contributed by atoms with Crippen molar-refractivity contribution in [3.8, 4) is 0 Å². The second-order valence-electron chi connectivity index (χ2n) is 4.18. The van der Waals surface area contributed by atoms with Gasteiger partial charge in [-0.3, -0.25) is 14.9 Å². The summed E-state index contributed by atoms with van der Waals surface area (Å²) in [6.07, 6.45) is 1.01. The third-order valence-corrected chi connectivity index (χ3v) is 3.94. The quantitative estimate of drug-likeness (QED) is 0.480. The van der Waals surface area contributed by atoms with Crippen LogP contribution >= 0.6 is 22.9 Å². The van der Waals surface area contributed by atoms with Crippen LogP contribution in [0, 0.1) is 10.1 Å². The number of pyridine rings is 1. The standard InChI is InChI=1S/C13H12ClN3O3S/c1-2-16(8-9-4-3-5-21-9)13(18)10-6-12(14)15-7-11(10)17(19)20/h3-7H,2,8H2,1H3. The molecule has 0 unspecified atom stereocenters. The maximum atomic E-state index is 12.5. The van der Waals surface area contributed by atoms with Crippen LogP contribution in [0.15, 0.2) is 29.8 Å². The van der Waals surface area contributed by atoms with Crippen LogP contribution in [0.1, 0.15) is 22.2 Å². The fourth-order valence-electron chi connectivity index (χ4n) is 1.83. The van der Waals surface area contributed by atoms with Gasteiger partial charge in [-0.25, -0.2) is 4.98 Å². The number of amides is 1. The van der Waals surface area contributed by atoms with Gasteiger partial charge >= 0.3 is 0 Å². The number of nitro groups is 1. The third kappa shape index (κ3) is 3.56. The number of thiophene rings is 1. The monoisotopic (exact) mass is 325 g/mol. The second kappa shape index (κ2) is 6.64. The van der Waals surface area contributed by atoms with Crippen LogP contribution in [-0.2, 0) is 6.54 Å². The lowest BCUT2D eigenvalue weighted by Crippen LogP contribution is -2.30. The number of hydrogen-bond donors (Lipinski definition) is 0. The molecule has 0 bridgehead atoms. The fourth-order valence-corrected chi connectivity index (χ4v) is 2.71. The average molecular weight is 326 g/mol. The molecule has 21 heavy (non-hydrogen) atoms. The molecule has 0 aliphatic heterocycles. The van der Waals surface area contributed by atoms with E-state index in [1.807, 2.05) is 24.4 Å². The third-order valence-electron chi connectivity index (χ3n) is 2.87. The molecule has 6 nitrogen and oxygen atoms in total. The Balaban J connectivity index is 2.33. The summed E-state index contributed by atoms with van der Waals surface area (Å²) in [6, 6.07) is 5.04. The van der Waals surface area contributed by atoms with Gasteiger partial charge < -0.3 is 4.90 Å². The highest BCUT2D eigenvalue weighted by atomic mass is 35.5. The summed E-state index contributed by atoms with van der Waals surface area (Å²) < 4.78 is 0. The van der Waals surface area contributed by atoms with E-state index in [1.54, 1.807) is 0 Å². The van der Waals surface area contributed by atoms with Crippen molar-refractivity contribution < 1.29 is 9.72 Å². The maximum absolute atomic E-state index is 12.5. The SMILES string of the molecule is CCN(Cc1cccs1)C(=O)c1cc(Cl)ncc1[N+](=O)[O-]. The molecule has 2 rings (SSSR count). The number of hydrogen-bond acceptors (Lipinski definition) is 5. The van der Waals surface area contributed by atoms with Crippen LogP contribution in [0.2, 0.25) is 5.15 Å². The van der Waals surface area contributed by atoms with Crippen molar-refractivity contribution in [1.29, 1.82) is 0 Å². The average Bonchev–Trinajstić information content (AvgIpc) is 2.96. The molecule has 0 aromatic carbocycles. The van der Waals surface area contributed by atoms with Gasteiger partial charge in [0.15, 0.2) is 0 Å². The van der Waals surface area contributed by atoms with Gasteiger partial charge in [-0.2, -0.15) is 0 Å². The van der Waals surface area contributed by atoms with Gasteiger partial charge in [-0.05, 0) is 24.4 Å². The van der Waals surface area contributed by atoms with Gasteiger partial charge in [0.1, 0.15) is 16.9 Å². The van der Waals surface area contributed by atoms with E-state index in [-0.39, 0.29) is 16.4 Å². The van der Waals surface area contributed by atoms with Crippen LogP contribution < -0.4 is 0 Å². The molecule has 0 aliphatic rings. The molecular weight excluding hydrogens is 314 g/mol. The smallest absolute Gasteiger partial charge is 0.300 e. The van der Waals surface area contributed by atoms with Crippen LogP contribution in [0.4, 0.5) is 5.69 Å². The molecule has 0 saturated heterocycles. The Hall–Kier alpha value is -1.99. The summed E-state index contributed by atoms with van der Waals surface area (Å²) in [7, 11) is 0. The minimum Gasteiger partial charge on any atom is -0.334 e. The number of carbonyl (C=O) groups is 1. The molecule has 0 atom stereocenters. The highest BCUT2D eigenvalue weighted by Gasteiger charge is 2.25. The lowest BCUT2D eigenvalue weighted by molar-refractivity contribution is -0.385. The predicted molar refractivity (Wildman–Crippen MR) is 80.6 cm³/mol. The van der Waals surface area contributed by atoms with Crippen molar-refractivity contribution in [2.24, 2.45) is 0 Å². The Morgan fingerprint density at radius 3 is 2.90 bits per heavy atom. The van der Waals surface area contributed by atoms with Gasteiger partial charge in [0.25, 0.3) is 11.6 Å². The lowest BCUT2D eigenvalue weighted by atomic mass is 10.2. The van der Waals surface area contributed by atoms with Crippen molar-refractivity contribution in [1.82, 2.24) is 9.88 Å². The molecule has 0 radical (unpaired) electrons. The van der Waals surface area contributed by atoms with Crippen molar-refractivity contribution in [2.75, 3.05) is 6.54 Å². The van der Waals surface area contributed by atoms with E-state index in [0.717, 1.165) is 11.1 Å². The zero-order valence-corrected chi connectivity index (χ0v) is 12.7. The second-order valence-corrected chi connectivity index (χ2v) is 5.60. The van der Waals surface area contributed by atoms with Crippen LogP contribution in [0.5, 0.6) is 0 Å². The molecule has 2 aromatic rings. The van der Waals surface area contributed by atoms with Gasteiger partial charge in [-0.15, -0.1) is 11.3 Å². The molecule has 2 heterocycles. The highest BCUT2D eigenvalue weighted by molar-refractivity contribution is 7.09. The highest BCUT2D eigenvalue weighted by Crippen LogP contribution is 2.23. The molecule has 110 valence electrons. The molecule has 0 aliphatic carbocycles. The Kier molecular flexibility index (Phi) is 4.87. The molecule has 0 N–H and O–H groups in total. The largest absolute Gasteiger partial charge is 0.334 e. The van der Waals surface area contributed by atoms with Crippen molar-refractivity contribution in [3.63, 3.8) is 0 Å². The van der Waals surface area contributed by atoms with Crippen molar-refractivity contribution >= 4 is 34.5 Å². The summed E-state index contributed by atoms with van der Waals surface area (Å²) in [5, 5.41) is 13.0. The van der Waals surface area contributed by atoms with Crippen LogP contribution in [0.25, 0.3) is 0 Å². The van der Waals surface area contributed by atoms with Crippen molar-refractivity contribution in [3.05, 3.63) is 55.5 Å². The first-order chi connectivity index (χ1) is 10.0. The topological polar surface area (TPSA) is 76.3 Å². The Morgan fingerprint density at radius 2 is 2.33 bits per heavy atom. The minimum absolute atomic E-state index is 0.0431. The van der Waals surface area contributed by atoms with Crippen molar-refractivity contribution in [2.45, 2.75) is 13.5 Å². The molecule has 8 heteroatoms. The van der Waals surface area contributed by atoms with Gasteiger partial charge in [0.05, 0.1) is 11.5 Å². The normalized spacial score (nSPS) is 10.4.